The Balaban J connectivity index is 1.95. The van der Waals surface area contributed by atoms with Crippen LogP contribution in [0, 0.1) is 5.92 Å². The largest absolute Gasteiger partial charge is 0.507 e. The number of carbonyl (C=O) groups excluding carboxylic acids is 2. The number of unbranched alkanes of at least 4 members (excludes halogenated alkanes) is 1. The summed E-state index contributed by atoms with van der Waals surface area (Å²) in [5.41, 5.74) is 1.33. The maximum atomic E-state index is 13.0. The van der Waals surface area contributed by atoms with Crippen LogP contribution in [0.15, 0.2) is 54.1 Å². The van der Waals surface area contributed by atoms with Gasteiger partial charge in [0.1, 0.15) is 17.3 Å². The second kappa shape index (κ2) is 11.7. The lowest BCUT2D eigenvalue weighted by Gasteiger charge is -2.25. The van der Waals surface area contributed by atoms with Crippen molar-refractivity contribution in [3.05, 3.63) is 65.2 Å². The normalized spacial score (nSPS) is 17.4. The van der Waals surface area contributed by atoms with Crippen LogP contribution in [0.2, 0.25) is 0 Å². The summed E-state index contributed by atoms with van der Waals surface area (Å²) in [7, 11) is 0. The van der Waals surface area contributed by atoms with E-state index in [0.29, 0.717) is 43.4 Å². The fourth-order valence-corrected chi connectivity index (χ4v) is 3.91. The molecule has 1 aliphatic heterocycles. The molecule has 6 heteroatoms. The van der Waals surface area contributed by atoms with E-state index in [2.05, 4.69) is 20.8 Å². The van der Waals surface area contributed by atoms with Crippen LogP contribution in [-0.2, 0) is 9.59 Å². The summed E-state index contributed by atoms with van der Waals surface area (Å²) in [5.74, 6) is 0.383. The van der Waals surface area contributed by atoms with Crippen LogP contribution in [0.5, 0.6) is 11.5 Å². The van der Waals surface area contributed by atoms with E-state index in [1.54, 1.807) is 29.2 Å². The summed E-state index contributed by atoms with van der Waals surface area (Å²) in [4.78, 5) is 27.4. The molecule has 0 aliphatic carbocycles. The molecule has 6 nitrogen and oxygen atoms in total. The van der Waals surface area contributed by atoms with E-state index < -0.39 is 17.7 Å². The van der Waals surface area contributed by atoms with Crippen molar-refractivity contribution in [3.63, 3.8) is 0 Å². The SMILES string of the molecule is CCCCOc1ccc(C2/C(=C(/O)c3ccc(OCC(C)C)cc3)C(=O)C(=O)N2CCC)cc1. The van der Waals surface area contributed by atoms with Gasteiger partial charge in [0.2, 0.25) is 0 Å². The van der Waals surface area contributed by atoms with Gasteiger partial charge in [0.15, 0.2) is 0 Å². The molecule has 1 fully saturated rings. The number of nitrogens with zero attached hydrogens (tertiary/aromatic N) is 1. The Morgan fingerprint density at radius 1 is 0.941 bits per heavy atom. The molecule has 0 bridgehead atoms. The lowest BCUT2D eigenvalue weighted by atomic mass is 9.95. The third-order valence-corrected chi connectivity index (χ3v) is 5.68. The van der Waals surface area contributed by atoms with Gasteiger partial charge in [-0.05, 0) is 60.7 Å². The predicted octanol–water partition coefficient (Wildman–Crippen LogP) is 5.73. The molecular formula is C28H35NO5. The quantitative estimate of drug-likeness (QED) is 0.198. The molecule has 1 heterocycles. The van der Waals surface area contributed by atoms with E-state index in [4.69, 9.17) is 9.47 Å². The highest BCUT2D eigenvalue weighted by atomic mass is 16.5. The first kappa shape index (κ1) is 25.3. The zero-order valence-electron chi connectivity index (χ0n) is 20.5. The molecule has 0 radical (unpaired) electrons. The summed E-state index contributed by atoms with van der Waals surface area (Å²) in [6.07, 6.45) is 2.72. The van der Waals surface area contributed by atoms with Crippen molar-refractivity contribution < 1.29 is 24.2 Å². The molecule has 3 rings (SSSR count). The van der Waals surface area contributed by atoms with Crippen molar-refractivity contribution in [2.24, 2.45) is 5.92 Å². The maximum Gasteiger partial charge on any atom is 0.295 e. The number of ether oxygens (including phenoxy) is 2. The molecule has 1 atom stereocenters. The molecular weight excluding hydrogens is 430 g/mol. The van der Waals surface area contributed by atoms with Crippen molar-refractivity contribution in [2.45, 2.75) is 53.0 Å². The average Bonchev–Trinajstić information content (AvgIpc) is 3.08. The highest BCUT2D eigenvalue weighted by molar-refractivity contribution is 6.46. The standard InChI is InChI=1S/C28H35NO5/c1-5-7-17-33-22-12-8-20(9-13-22)25-24(27(31)28(32)29(25)16-6-2)26(30)21-10-14-23(15-11-21)34-18-19(3)4/h8-15,19,25,30H,5-7,16-18H2,1-4H3/b26-24-. The number of rotatable bonds is 11. The Kier molecular flexibility index (Phi) is 8.74. The van der Waals surface area contributed by atoms with Gasteiger partial charge in [-0.25, -0.2) is 0 Å². The van der Waals surface area contributed by atoms with Gasteiger partial charge >= 0.3 is 0 Å². The number of hydrogen-bond donors (Lipinski definition) is 1. The molecule has 0 spiro atoms. The van der Waals surface area contributed by atoms with Gasteiger partial charge in [0.05, 0.1) is 24.8 Å². The first-order valence-electron chi connectivity index (χ1n) is 12.1. The van der Waals surface area contributed by atoms with Gasteiger partial charge in [-0.1, -0.05) is 46.2 Å². The number of likely N-dealkylation sites (tertiary alicyclic amines) is 1. The van der Waals surface area contributed by atoms with Crippen LogP contribution in [0.4, 0.5) is 0 Å². The van der Waals surface area contributed by atoms with Gasteiger partial charge in [0.25, 0.3) is 11.7 Å². The molecule has 1 aliphatic rings. The molecule has 0 aromatic heterocycles. The van der Waals surface area contributed by atoms with Crippen LogP contribution in [-0.4, -0.2) is 41.5 Å². The molecule has 1 amide bonds. The number of carbonyl (C=O) groups is 2. The molecule has 1 unspecified atom stereocenters. The Morgan fingerprint density at radius 3 is 2.15 bits per heavy atom. The van der Waals surface area contributed by atoms with Crippen LogP contribution >= 0.6 is 0 Å². The Hall–Kier alpha value is -3.28. The number of aliphatic hydroxyl groups is 1. The van der Waals surface area contributed by atoms with E-state index in [9.17, 15) is 14.7 Å². The predicted molar refractivity (Wildman–Crippen MR) is 133 cm³/mol. The molecule has 2 aromatic carbocycles. The van der Waals surface area contributed by atoms with Gasteiger partial charge in [-0.3, -0.25) is 9.59 Å². The third kappa shape index (κ3) is 5.79. The van der Waals surface area contributed by atoms with E-state index in [0.717, 1.165) is 24.2 Å². The fourth-order valence-electron chi connectivity index (χ4n) is 3.91. The topological polar surface area (TPSA) is 76.1 Å². The van der Waals surface area contributed by atoms with E-state index >= 15 is 0 Å². The summed E-state index contributed by atoms with van der Waals surface area (Å²) < 4.78 is 11.5. The number of aliphatic hydroxyl groups excluding tert-OH is 1. The Bertz CT molecular complexity index is 1010. The minimum absolute atomic E-state index is 0.106. The van der Waals surface area contributed by atoms with E-state index in [1.165, 1.54) is 0 Å². The van der Waals surface area contributed by atoms with Crippen LogP contribution in [0.1, 0.15) is 64.1 Å². The number of hydrogen-bond acceptors (Lipinski definition) is 5. The Morgan fingerprint density at radius 2 is 1.56 bits per heavy atom. The molecule has 0 saturated carbocycles. The molecule has 182 valence electrons. The summed E-state index contributed by atoms with van der Waals surface area (Å²) in [6, 6.07) is 13.7. The highest BCUT2D eigenvalue weighted by Gasteiger charge is 2.45. The van der Waals surface area contributed by atoms with Gasteiger partial charge in [0, 0.05) is 12.1 Å². The van der Waals surface area contributed by atoms with Crippen molar-refractivity contribution in [3.8, 4) is 11.5 Å². The van der Waals surface area contributed by atoms with Crippen LogP contribution < -0.4 is 9.47 Å². The van der Waals surface area contributed by atoms with E-state index in [1.807, 2.05) is 31.2 Å². The van der Waals surface area contributed by atoms with Crippen molar-refractivity contribution in [1.29, 1.82) is 0 Å². The first-order valence-corrected chi connectivity index (χ1v) is 12.1. The van der Waals surface area contributed by atoms with Gasteiger partial charge in [-0.2, -0.15) is 0 Å². The van der Waals surface area contributed by atoms with Crippen molar-refractivity contribution in [2.75, 3.05) is 19.8 Å². The zero-order valence-corrected chi connectivity index (χ0v) is 20.5. The first-order chi connectivity index (χ1) is 16.4. The second-order valence-electron chi connectivity index (χ2n) is 8.99. The highest BCUT2D eigenvalue weighted by Crippen LogP contribution is 2.40. The summed E-state index contributed by atoms with van der Waals surface area (Å²) in [6.45, 7) is 9.85. The zero-order chi connectivity index (χ0) is 24.7. The van der Waals surface area contributed by atoms with Crippen LogP contribution in [0.25, 0.3) is 5.76 Å². The maximum absolute atomic E-state index is 13.0. The van der Waals surface area contributed by atoms with Crippen molar-refractivity contribution in [1.82, 2.24) is 4.90 Å². The summed E-state index contributed by atoms with van der Waals surface area (Å²) >= 11 is 0. The minimum Gasteiger partial charge on any atom is -0.507 e. The minimum atomic E-state index is -0.667. The number of amides is 1. The molecule has 1 saturated heterocycles. The molecule has 2 aromatic rings. The van der Waals surface area contributed by atoms with Gasteiger partial charge in [-0.15, -0.1) is 0 Å². The average molecular weight is 466 g/mol. The third-order valence-electron chi connectivity index (χ3n) is 5.68. The second-order valence-corrected chi connectivity index (χ2v) is 8.99. The number of ketones is 1. The fraction of sp³-hybridized carbons (Fsp3) is 0.429. The van der Waals surface area contributed by atoms with Crippen molar-refractivity contribution >= 4 is 17.4 Å². The number of benzene rings is 2. The summed E-state index contributed by atoms with van der Waals surface area (Å²) in [5, 5.41) is 11.1. The van der Waals surface area contributed by atoms with E-state index in [-0.39, 0.29) is 11.3 Å². The van der Waals surface area contributed by atoms with Gasteiger partial charge < -0.3 is 19.5 Å². The van der Waals surface area contributed by atoms with Crippen LogP contribution in [0.3, 0.4) is 0 Å². The lowest BCUT2D eigenvalue weighted by molar-refractivity contribution is -0.139. The monoisotopic (exact) mass is 465 g/mol. The molecule has 34 heavy (non-hydrogen) atoms. The number of Topliss-reactive ketones (excluding diaryl/α,β-unsaturated/α-hetero) is 1. The Labute approximate surface area is 202 Å². The molecule has 1 N–H and O–H groups in total. The lowest BCUT2D eigenvalue weighted by Crippen LogP contribution is -2.30. The smallest absolute Gasteiger partial charge is 0.295 e.